The molecule has 3 aromatic rings. The zero-order valence-corrected chi connectivity index (χ0v) is 12.3. The monoisotopic (exact) mass is 303 g/mol. The fraction of sp³-hybridized carbons (Fsp3) is 0.143. The Kier molecular flexibility index (Phi) is 3.66. The van der Waals surface area contributed by atoms with E-state index in [1.807, 2.05) is 29.6 Å². The fourth-order valence-corrected chi connectivity index (χ4v) is 3.50. The molecule has 2 heterocycles. The van der Waals surface area contributed by atoms with Gasteiger partial charge in [-0.15, -0.1) is 22.7 Å². The number of carbonyl (C=O) groups is 1. The van der Waals surface area contributed by atoms with Crippen molar-refractivity contribution in [2.24, 2.45) is 0 Å². The van der Waals surface area contributed by atoms with Crippen LogP contribution in [0.1, 0.15) is 14.7 Å². The summed E-state index contributed by atoms with van der Waals surface area (Å²) in [4.78, 5) is 17.0. The SMILES string of the molecule is Nc1ccc2sc(C(=O)NCCc3nccs3)cc2c1. The van der Waals surface area contributed by atoms with Gasteiger partial charge in [-0.2, -0.15) is 0 Å². The number of anilines is 1. The van der Waals surface area contributed by atoms with Crippen LogP contribution in [-0.2, 0) is 6.42 Å². The Labute approximate surface area is 124 Å². The standard InChI is InChI=1S/C14H13N3OS2/c15-10-1-2-11-9(7-10)8-12(20-11)14(18)17-4-3-13-16-5-6-19-13/h1-2,5-8H,3-4,15H2,(H,17,18). The lowest BCUT2D eigenvalue weighted by Crippen LogP contribution is -2.24. The van der Waals surface area contributed by atoms with Crippen molar-refractivity contribution in [3.63, 3.8) is 0 Å². The summed E-state index contributed by atoms with van der Waals surface area (Å²) in [5.74, 6) is -0.0404. The predicted molar refractivity (Wildman–Crippen MR) is 84.4 cm³/mol. The van der Waals surface area contributed by atoms with Crippen molar-refractivity contribution in [1.82, 2.24) is 10.3 Å². The lowest BCUT2D eigenvalue weighted by Gasteiger charge is -2.00. The Hall–Kier alpha value is -1.92. The average molecular weight is 303 g/mol. The van der Waals surface area contributed by atoms with Gasteiger partial charge in [0.2, 0.25) is 0 Å². The number of nitrogens with two attached hydrogens (primary N) is 1. The van der Waals surface area contributed by atoms with Crippen LogP contribution in [-0.4, -0.2) is 17.4 Å². The van der Waals surface area contributed by atoms with Crippen molar-refractivity contribution < 1.29 is 4.79 Å². The summed E-state index contributed by atoms with van der Waals surface area (Å²) < 4.78 is 1.07. The Morgan fingerprint density at radius 2 is 2.25 bits per heavy atom. The van der Waals surface area contributed by atoms with Crippen LogP contribution in [0.3, 0.4) is 0 Å². The number of hydrogen-bond acceptors (Lipinski definition) is 5. The topological polar surface area (TPSA) is 68.0 Å². The predicted octanol–water partition coefficient (Wildman–Crippen LogP) is 2.91. The molecule has 3 N–H and O–H groups in total. The molecule has 102 valence electrons. The van der Waals surface area contributed by atoms with Gasteiger partial charge in [0, 0.05) is 34.9 Å². The molecule has 0 bridgehead atoms. The zero-order valence-electron chi connectivity index (χ0n) is 10.6. The van der Waals surface area contributed by atoms with E-state index in [4.69, 9.17) is 5.73 Å². The molecule has 3 rings (SSSR count). The van der Waals surface area contributed by atoms with E-state index < -0.39 is 0 Å². The van der Waals surface area contributed by atoms with Crippen molar-refractivity contribution in [1.29, 1.82) is 0 Å². The third-order valence-corrected chi connectivity index (χ3v) is 4.83. The average Bonchev–Trinajstić information content (AvgIpc) is 3.06. The van der Waals surface area contributed by atoms with Crippen molar-refractivity contribution in [3.8, 4) is 0 Å². The summed E-state index contributed by atoms with van der Waals surface area (Å²) in [6, 6.07) is 7.57. The number of hydrogen-bond donors (Lipinski definition) is 2. The second-order valence-electron chi connectivity index (χ2n) is 4.34. The number of carbonyl (C=O) groups excluding carboxylic acids is 1. The lowest BCUT2D eigenvalue weighted by atomic mass is 10.2. The first-order valence-electron chi connectivity index (χ1n) is 6.18. The molecule has 1 amide bonds. The van der Waals surface area contributed by atoms with Crippen molar-refractivity contribution in [2.45, 2.75) is 6.42 Å². The normalized spacial score (nSPS) is 10.8. The maximum Gasteiger partial charge on any atom is 0.261 e. The van der Waals surface area contributed by atoms with Crippen LogP contribution in [0.5, 0.6) is 0 Å². The Balaban J connectivity index is 1.66. The minimum absolute atomic E-state index is 0.0404. The summed E-state index contributed by atoms with van der Waals surface area (Å²) in [5.41, 5.74) is 6.46. The molecule has 0 saturated heterocycles. The van der Waals surface area contributed by atoms with Crippen LogP contribution in [0.2, 0.25) is 0 Å². The molecular weight excluding hydrogens is 290 g/mol. The molecule has 0 spiro atoms. The van der Waals surface area contributed by atoms with Crippen LogP contribution >= 0.6 is 22.7 Å². The molecule has 20 heavy (non-hydrogen) atoms. The van der Waals surface area contributed by atoms with Crippen LogP contribution in [0.25, 0.3) is 10.1 Å². The van der Waals surface area contributed by atoms with E-state index >= 15 is 0 Å². The first kappa shape index (κ1) is 13.1. The van der Waals surface area contributed by atoms with Gasteiger partial charge in [-0.25, -0.2) is 4.98 Å². The third kappa shape index (κ3) is 2.81. The molecule has 2 aromatic heterocycles. The summed E-state index contributed by atoms with van der Waals surface area (Å²) >= 11 is 3.08. The van der Waals surface area contributed by atoms with E-state index in [0.717, 1.165) is 21.5 Å². The van der Waals surface area contributed by atoms with Crippen LogP contribution < -0.4 is 11.1 Å². The van der Waals surface area contributed by atoms with Crippen molar-refractivity contribution in [3.05, 3.63) is 45.7 Å². The second kappa shape index (κ2) is 5.60. The summed E-state index contributed by atoms with van der Waals surface area (Å²) in [5, 5.41) is 6.91. The van der Waals surface area contributed by atoms with E-state index in [0.29, 0.717) is 17.1 Å². The highest BCUT2D eigenvalue weighted by Gasteiger charge is 2.10. The van der Waals surface area contributed by atoms with Crippen LogP contribution in [0, 0.1) is 0 Å². The Morgan fingerprint density at radius 3 is 3.05 bits per heavy atom. The zero-order chi connectivity index (χ0) is 13.9. The maximum absolute atomic E-state index is 12.1. The molecule has 0 aliphatic heterocycles. The quantitative estimate of drug-likeness (QED) is 0.728. The second-order valence-corrected chi connectivity index (χ2v) is 6.40. The minimum Gasteiger partial charge on any atom is -0.399 e. The smallest absolute Gasteiger partial charge is 0.261 e. The molecule has 1 aromatic carbocycles. The van der Waals surface area contributed by atoms with E-state index in [1.165, 1.54) is 11.3 Å². The first-order valence-corrected chi connectivity index (χ1v) is 7.87. The molecular formula is C14H13N3OS2. The Bertz CT molecular complexity index is 734. The molecule has 4 nitrogen and oxygen atoms in total. The molecule has 0 saturated carbocycles. The fourth-order valence-electron chi connectivity index (χ4n) is 1.92. The van der Waals surface area contributed by atoms with Crippen LogP contribution in [0.4, 0.5) is 5.69 Å². The number of nitrogen functional groups attached to an aromatic ring is 1. The van der Waals surface area contributed by atoms with E-state index in [9.17, 15) is 4.79 Å². The van der Waals surface area contributed by atoms with Gasteiger partial charge in [-0.3, -0.25) is 4.79 Å². The highest BCUT2D eigenvalue weighted by Crippen LogP contribution is 2.27. The largest absolute Gasteiger partial charge is 0.399 e. The number of amides is 1. The number of thiazole rings is 1. The highest BCUT2D eigenvalue weighted by molar-refractivity contribution is 7.20. The molecule has 0 fully saturated rings. The van der Waals surface area contributed by atoms with Gasteiger partial charge >= 0.3 is 0 Å². The number of nitrogens with zero attached hydrogens (tertiary/aromatic N) is 1. The Morgan fingerprint density at radius 1 is 1.35 bits per heavy atom. The number of rotatable bonds is 4. The molecule has 0 aliphatic rings. The molecule has 0 radical (unpaired) electrons. The van der Waals surface area contributed by atoms with Gasteiger partial charge in [0.15, 0.2) is 0 Å². The number of benzene rings is 1. The van der Waals surface area contributed by atoms with E-state index in [2.05, 4.69) is 10.3 Å². The highest BCUT2D eigenvalue weighted by atomic mass is 32.1. The number of aromatic nitrogens is 1. The molecule has 0 unspecified atom stereocenters. The van der Waals surface area contributed by atoms with Gasteiger partial charge in [-0.05, 0) is 29.7 Å². The third-order valence-electron chi connectivity index (χ3n) is 2.87. The number of nitrogens with one attached hydrogen (secondary N) is 1. The van der Waals surface area contributed by atoms with Crippen molar-refractivity contribution >= 4 is 44.4 Å². The van der Waals surface area contributed by atoms with Crippen molar-refractivity contribution in [2.75, 3.05) is 12.3 Å². The maximum atomic E-state index is 12.1. The molecule has 0 atom stereocenters. The summed E-state index contributed by atoms with van der Waals surface area (Å²) in [7, 11) is 0. The van der Waals surface area contributed by atoms with E-state index in [1.54, 1.807) is 17.5 Å². The molecule has 0 aliphatic carbocycles. The first-order chi connectivity index (χ1) is 9.72. The van der Waals surface area contributed by atoms with Crippen LogP contribution in [0.15, 0.2) is 35.8 Å². The van der Waals surface area contributed by atoms with Gasteiger partial charge < -0.3 is 11.1 Å². The van der Waals surface area contributed by atoms with Gasteiger partial charge in [-0.1, -0.05) is 0 Å². The van der Waals surface area contributed by atoms with Gasteiger partial charge in [0.1, 0.15) is 0 Å². The van der Waals surface area contributed by atoms with Gasteiger partial charge in [0.25, 0.3) is 5.91 Å². The number of fused-ring (bicyclic) bond motifs is 1. The van der Waals surface area contributed by atoms with E-state index in [-0.39, 0.29) is 5.91 Å². The van der Waals surface area contributed by atoms with Gasteiger partial charge in [0.05, 0.1) is 9.88 Å². The number of thiophene rings is 1. The summed E-state index contributed by atoms with van der Waals surface area (Å²) in [6.45, 7) is 0.600. The lowest BCUT2D eigenvalue weighted by molar-refractivity contribution is 0.0958. The molecule has 6 heteroatoms. The minimum atomic E-state index is -0.0404. The summed E-state index contributed by atoms with van der Waals surface area (Å²) in [6.07, 6.45) is 2.54.